The second-order valence-electron chi connectivity index (χ2n) is 7.41. The van der Waals surface area contributed by atoms with Crippen LogP contribution in [-0.4, -0.2) is 20.4 Å². The van der Waals surface area contributed by atoms with Gasteiger partial charge in [0.25, 0.3) is 5.56 Å². The summed E-state index contributed by atoms with van der Waals surface area (Å²) in [7, 11) is 0. The van der Waals surface area contributed by atoms with Crippen molar-refractivity contribution in [1.29, 1.82) is 0 Å². The van der Waals surface area contributed by atoms with Crippen LogP contribution in [-0.2, 0) is 23.4 Å². The molecule has 0 saturated carbocycles. The van der Waals surface area contributed by atoms with Gasteiger partial charge in [-0.25, -0.2) is 13.8 Å². The molecule has 2 aromatic heterocycles. The van der Waals surface area contributed by atoms with Crippen molar-refractivity contribution in [2.75, 3.05) is 0 Å². The standard InChI is InChI=1S/C21H16F2N2O3/c1-2-21(28)13-7-17-19-11(5-10-6-14(22)15(23)8-16(10)24-19)9-25(17)20(27)12(13)3-4-18(21)26/h5-8,28H,2-4,9H2,1H3. The molecule has 0 spiro atoms. The molecule has 0 radical (unpaired) electrons. The van der Waals surface area contributed by atoms with E-state index in [4.69, 9.17) is 0 Å². The van der Waals surface area contributed by atoms with Gasteiger partial charge >= 0.3 is 0 Å². The SMILES string of the molecule is CCC1(O)C(=O)CCc2c1cc1n(c2=O)Cc2cc3cc(F)c(F)cc3nc2-1. The number of nitrogens with zero attached hydrogens (tertiary/aromatic N) is 2. The summed E-state index contributed by atoms with van der Waals surface area (Å²) < 4.78 is 28.8. The van der Waals surface area contributed by atoms with E-state index in [2.05, 4.69) is 4.98 Å². The summed E-state index contributed by atoms with van der Waals surface area (Å²) in [6.45, 7) is 1.96. The largest absolute Gasteiger partial charge is 0.377 e. The first-order chi connectivity index (χ1) is 13.3. The van der Waals surface area contributed by atoms with E-state index in [1.807, 2.05) is 0 Å². The fourth-order valence-corrected chi connectivity index (χ4v) is 4.36. The molecule has 1 aliphatic carbocycles. The number of halogens is 2. The van der Waals surface area contributed by atoms with Gasteiger partial charge in [0.05, 0.1) is 23.4 Å². The summed E-state index contributed by atoms with van der Waals surface area (Å²) in [6, 6.07) is 5.46. The van der Waals surface area contributed by atoms with Crippen LogP contribution in [0.3, 0.4) is 0 Å². The van der Waals surface area contributed by atoms with Crippen molar-refractivity contribution in [3.05, 3.63) is 62.9 Å². The summed E-state index contributed by atoms with van der Waals surface area (Å²) in [5.41, 5.74) is 0.789. The van der Waals surface area contributed by atoms with Crippen molar-refractivity contribution in [3.8, 4) is 11.4 Å². The van der Waals surface area contributed by atoms with Crippen LogP contribution in [0.1, 0.15) is 36.5 Å². The Kier molecular flexibility index (Phi) is 3.40. The number of aromatic nitrogens is 2. The molecule has 0 amide bonds. The summed E-state index contributed by atoms with van der Waals surface area (Å²) in [4.78, 5) is 29.9. The number of Topliss-reactive ketones (excluding diaryl/α,β-unsaturated/α-hetero) is 1. The van der Waals surface area contributed by atoms with E-state index in [0.29, 0.717) is 33.5 Å². The molecule has 5 rings (SSSR count). The second-order valence-corrected chi connectivity index (χ2v) is 7.41. The number of rotatable bonds is 1. The minimum atomic E-state index is -1.68. The first-order valence-corrected chi connectivity index (χ1v) is 9.15. The molecule has 1 aromatic carbocycles. The lowest BCUT2D eigenvalue weighted by atomic mass is 9.77. The Bertz CT molecular complexity index is 1260. The number of hydrogen-bond acceptors (Lipinski definition) is 4. The third kappa shape index (κ3) is 2.10. The molecule has 1 aliphatic heterocycles. The lowest BCUT2D eigenvalue weighted by molar-refractivity contribution is -0.140. The van der Waals surface area contributed by atoms with Gasteiger partial charge in [0.1, 0.15) is 5.60 Å². The molecule has 142 valence electrons. The zero-order chi connectivity index (χ0) is 19.8. The number of carbonyl (C=O) groups excluding carboxylic acids is 1. The Morgan fingerprint density at radius 1 is 1.14 bits per heavy atom. The van der Waals surface area contributed by atoms with E-state index in [-0.39, 0.29) is 42.7 Å². The summed E-state index contributed by atoms with van der Waals surface area (Å²) in [5.74, 6) is -2.25. The fourth-order valence-electron chi connectivity index (χ4n) is 4.36. The third-order valence-corrected chi connectivity index (χ3v) is 5.93. The maximum atomic E-state index is 13.6. The van der Waals surface area contributed by atoms with Gasteiger partial charge in [-0.05, 0) is 31.0 Å². The molecule has 3 aromatic rings. The molecule has 0 fully saturated rings. The van der Waals surface area contributed by atoms with E-state index in [0.717, 1.165) is 12.1 Å². The molecule has 28 heavy (non-hydrogen) atoms. The van der Waals surface area contributed by atoms with E-state index >= 15 is 0 Å². The average Bonchev–Trinajstić information content (AvgIpc) is 3.02. The van der Waals surface area contributed by atoms with Crippen molar-refractivity contribution in [1.82, 2.24) is 9.55 Å². The molecular weight excluding hydrogens is 366 g/mol. The summed E-state index contributed by atoms with van der Waals surface area (Å²) >= 11 is 0. The molecule has 1 N–H and O–H groups in total. The highest BCUT2D eigenvalue weighted by Gasteiger charge is 2.43. The van der Waals surface area contributed by atoms with Gasteiger partial charge in [-0.15, -0.1) is 0 Å². The highest BCUT2D eigenvalue weighted by Crippen LogP contribution is 2.39. The monoisotopic (exact) mass is 382 g/mol. The summed E-state index contributed by atoms with van der Waals surface area (Å²) in [6.07, 6.45) is 0.585. The normalized spacial score (nSPS) is 20.2. The van der Waals surface area contributed by atoms with Crippen molar-refractivity contribution >= 4 is 16.7 Å². The Morgan fingerprint density at radius 2 is 1.89 bits per heavy atom. The smallest absolute Gasteiger partial charge is 0.254 e. The predicted molar refractivity (Wildman–Crippen MR) is 98.0 cm³/mol. The van der Waals surface area contributed by atoms with E-state index in [9.17, 15) is 23.5 Å². The van der Waals surface area contributed by atoms with Crippen LogP contribution in [0.2, 0.25) is 0 Å². The minimum absolute atomic E-state index is 0.125. The van der Waals surface area contributed by atoms with Gasteiger partial charge in [-0.2, -0.15) is 0 Å². The molecule has 2 aliphatic rings. The van der Waals surface area contributed by atoms with Gasteiger partial charge in [-0.3, -0.25) is 9.59 Å². The van der Waals surface area contributed by atoms with E-state index < -0.39 is 17.2 Å². The Labute approximate surface area is 158 Å². The van der Waals surface area contributed by atoms with Crippen molar-refractivity contribution in [2.45, 2.75) is 38.3 Å². The molecule has 7 heteroatoms. The molecule has 0 saturated heterocycles. The van der Waals surface area contributed by atoms with Gasteiger partial charge < -0.3 is 9.67 Å². The van der Waals surface area contributed by atoms with Crippen molar-refractivity contribution in [3.63, 3.8) is 0 Å². The fraction of sp³-hybridized carbons (Fsp3) is 0.286. The topological polar surface area (TPSA) is 72.2 Å². The number of carbonyl (C=O) groups is 1. The van der Waals surface area contributed by atoms with Crippen LogP contribution >= 0.6 is 0 Å². The second kappa shape index (κ2) is 5.54. The zero-order valence-electron chi connectivity index (χ0n) is 15.1. The lowest BCUT2D eigenvalue weighted by Gasteiger charge is -2.32. The number of fused-ring (bicyclic) bond motifs is 5. The van der Waals surface area contributed by atoms with Crippen LogP contribution < -0.4 is 5.56 Å². The van der Waals surface area contributed by atoms with Crippen molar-refractivity contribution in [2.24, 2.45) is 0 Å². The average molecular weight is 382 g/mol. The zero-order valence-corrected chi connectivity index (χ0v) is 15.1. The van der Waals surface area contributed by atoms with E-state index in [1.54, 1.807) is 23.6 Å². The summed E-state index contributed by atoms with van der Waals surface area (Å²) in [5, 5.41) is 11.4. The van der Waals surface area contributed by atoms with Crippen LogP contribution in [0.5, 0.6) is 0 Å². The predicted octanol–water partition coefficient (Wildman–Crippen LogP) is 2.82. The van der Waals surface area contributed by atoms with Crippen molar-refractivity contribution < 1.29 is 18.7 Å². The van der Waals surface area contributed by atoms with Crippen LogP contribution in [0.25, 0.3) is 22.3 Å². The Balaban J connectivity index is 1.80. The molecule has 3 heterocycles. The minimum Gasteiger partial charge on any atom is -0.377 e. The van der Waals surface area contributed by atoms with Gasteiger partial charge in [-0.1, -0.05) is 6.92 Å². The number of ketones is 1. The quantitative estimate of drug-likeness (QED) is 0.550. The maximum absolute atomic E-state index is 13.6. The highest BCUT2D eigenvalue weighted by atomic mass is 19.2. The number of aliphatic hydroxyl groups is 1. The van der Waals surface area contributed by atoms with Gasteiger partial charge in [0.2, 0.25) is 0 Å². The van der Waals surface area contributed by atoms with Crippen LogP contribution in [0.4, 0.5) is 8.78 Å². The number of benzene rings is 1. The molecular formula is C21H16F2N2O3. The maximum Gasteiger partial charge on any atom is 0.254 e. The van der Waals surface area contributed by atoms with Crippen LogP contribution in [0, 0.1) is 11.6 Å². The lowest BCUT2D eigenvalue weighted by Crippen LogP contribution is -2.43. The number of hydrogen-bond donors (Lipinski definition) is 1. The Morgan fingerprint density at radius 3 is 2.64 bits per heavy atom. The first-order valence-electron chi connectivity index (χ1n) is 9.15. The third-order valence-electron chi connectivity index (χ3n) is 5.93. The number of pyridine rings is 2. The Hall–Kier alpha value is -2.93. The van der Waals surface area contributed by atoms with E-state index in [1.165, 1.54) is 0 Å². The molecule has 0 bridgehead atoms. The molecule has 5 nitrogen and oxygen atoms in total. The van der Waals surface area contributed by atoms with Gasteiger partial charge in [0.15, 0.2) is 17.4 Å². The molecule has 1 atom stereocenters. The van der Waals surface area contributed by atoms with Crippen LogP contribution in [0.15, 0.2) is 29.1 Å². The van der Waals surface area contributed by atoms with Gasteiger partial charge in [0, 0.05) is 34.6 Å². The highest BCUT2D eigenvalue weighted by molar-refractivity contribution is 5.91. The first kappa shape index (κ1) is 17.2. The molecule has 1 unspecified atom stereocenters.